The van der Waals surface area contributed by atoms with Crippen LogP contribution in [-0.2, 0) is 22.6 Å². The number of carbonyl (C=O) groups is 3. The molecule has 0 radical (unpaired) electrons. The number of ether oxygens (including phenoxy) is 1. The smallest absolute Gasteiger partial charge is 0.338 e. The third-order valence-electron chi connectivity index (χ3n) is 4.41. The molecule has 0 aliphatic carbocycles. The molecule has 10 nitrogen and oxygen atoms in total. The molecule has 12 heteroatoms. The maximum Gasteiger partial charge on any atom is 0.338 e. The average Bonchev–Trinajstić information content (AvgIpc) is 3.47. The molecular formula is C22H24ClN5O5S. The summed E-state index contributed by atoms with van der Waals surface area (Å²) in [5.74, 6) is -0.410. The Hall–Kier alpha value is -3.31. The highest BCUT2D eigenvalue weighted by atomic mass is 35.5. The monoisotopic (exact) mass is 505 g/mol. The topological polar surface area (TPSA) is 128 Å². The van der Waals surface area contributed by atoms with Crippen LogP contribution in [-0.4, -0.2) is 44.4 Å². The molecule has 0 saturated carbocycles. The Balaban J connectivity index is 1.59. The number of benzene rings is 1. The highest BCUT2D eigenvalue weighted by Crippen LogP contribution is 2.25. The first kappa shape index (κ1) is 25.3. The minimum atomic E-state index is -0.501. The molecule has 2 amide bonds. The van der Waals surface area contributed by atoms with Crippen LogP contribution in [0.4, 0.5) is 5.69 Å². The Morgan fingerprint density at radius 3 is 2.71 bits per heavy atom. The van der Waals surface area contributed by atoms with Crippen molar-refractivity contribution < 1.29 is 23.5 Å². The zero-order chi connectivity index (χ0) is 24.7. The van der Waals surface area contributed by atoms with Crippen molar-refractivity contribution in [2.45, 2.75) is 45.1 Å². The van der Waals surface area contributed by atoms with E-state index in [4.69, 9.17) is 20.8 Å². The number of hydrogen-bond acceptors (Lipinski definition) is 8. The molecule has 3 aromatic rings. The van der Waals surface area contributed by atoms with Crippen molar-refractivity contribution in [2.24, 2.45) is 0 Å². The number of thioether (sulfide) groups is 1. The van der Waals surface area contributed by atoms with Gasteiger partial charge >= 0.3 is 5.97 Å². The SMILES string of the molecule is CCn1c(CNC(=O)c2ccco2)nnc1SCC(=O)Nc1cc(C(=O)OC(C)C)ccc1Cl. The lowest BCUT2D eigenvalue weighted by atomic mass is 10.2. The van der Waals surface area contributed by atoms with E-state index in [0.717, 1.165) is 0 Å². The van der Waals surface area contributed by atoms with Crippen molar-refractivity contribution in [1.29, 1.82) is 0 Å². The highest BCUT2D eigenvalue weighted by Gasteiger charge is 2.17. The molecule has 1 aromatic carbocycles. The van der Waals surface area contributed by atoms with Crippen LogP contribution >= 0.6 is 23.4 Å². The number of amides is 2. The molecule has 2 N–H and O–H groups in total. The quantitative estimate of drug-likeness (QED) is 0.315. The maximum absolute atomic E-state index is 12.5. The Kier molecular flexibility index (Phi) is 8.72. The summed E-state index contributed by atoms with van der Waals surface area (Å²) in [7, 11) is 0. The lowest BCUT2D eigenvalue weighted by molar-refractivity contribution is -0.113. The molecule has 0 aliphatic heterocycles. The minimum absolute atomic E-state index is 0.0356. The standard InChI is InChI=1S/C22H24ClN5O5S/c1-4-28-18(11-24-20(30)17-6-5-9-32-17)26-27-22(28)34-12-19(29)25-16-10-14(7-8-15(16)23)21(31)33-13(2)3/h5-10,13H,4,11-12H2,1-3H3,(H,24,30)(H,25,29). The van der Waals surface area contributed by atoms with Gasteiger partial charge in [0, 0.05) is 6.54 Å². The zero-order valence-corrected chi connectivity index (χ0v) is 20.4. The van der Waals surface area contributed by atoms with Gasteiger partial charge < -0.3 is 24.4 Å². The molecule has 0 unspecified atom stereocenters. The van der Waals surface area contributed by atoms with Crippen molar-refractivity contribution >= 4 is 46.8 Å². The summed E-state index contributed by atoms with van der Waals surface area (Å²) in [6.07, 6.45) is 1.15. The Bertz CT molecular complexity index is 1160. The van der Waals surface area contributed by atoms with E-state index in [1.165, 1.54) is 36.2 Å². The fraction of sp³-hybridized carbons (Fsp3) is 0.318. The van der Waals surface area contributed by atoms with Crippen molar-refractivity contribution in [1.82, 2.24) is 20.1 Å². The van der Waals surface area contributed by atoms with Gasteiger partial charge in [0.25, 0.3) is 5.91 Å². The van der Waals surface area contributed by atoms with Crippen LogP contribution in [0.15, 0.2) is 46.2 Å². The van der Waals surface area contributed by atoms with E-state index in [2.05, 4.69) is 20.8 Å². The summed E-state index contributed by atoms with van der Waals surface area (Å²) in [6, 6.07) is 7.73. The number of anilines is 1. The summed E-state index contributed by atoms with van der Waals surface area (Å²) in [5.41, 5.74) is 0.594. The third-order valence-corrected chi connectivity index (χ3v) is 5.71. The number of rotatable bonds is 10. The van der Waals surface area contributed by atoms with Crippen molar-refractivity contribution in [2.75, 3.05) is 11.1 Å². The number of carbonyl (C=O) groups excluding carboxylic acids is 3. The van der Waals surface area contributed by atoms with E-state index in [1.54, 1.807) is 30.5 Å². The predicted octanol–water partition coefficient (Wildman–Crippen LogP) is 3.77. The molecule has 0 atom stereocenters. The third kappa shape index (κ3) is 6.61. The fourth-order valence-corrected chi connectivity index (χ4v) is 3.86. The summed E-state index contributed by atoms with van der Waals surface area (Å²) >= 11 is 7.36. The molecule has 180 valence electrons. The highest BCUT2D eigenvalue weighted by molar-refractivity contribution is 7.99. The van der Waals surface area contributed by atoms with E-state index in [-0.39, 0.29) is 41.5 Å². The Morgan fingerprint density at radius 1 is 1.24 bits per heavy atom. The van der Waals surface area contributed by atoms with Gasteiger partial charge in [-0.3, -0.25) is 9.59 Å². The van der Waals surface area contributed by atoms with E-state index in [9.17, 15) is 14.4 Å². The first-order valence-electron chi connectivity index (χ1n) is 10.5. The fourth-order valence-electron chi connectivity index (χ4n) is 2.87. The van der Waals surface area contributed by atoms with Gasteiger partial charge in [-0.05, 0) is 51.1 Å². The van der Waals surface area contributed by atoms with E-state index < -0.39 is 5.97 Å². The molecule has 0 fully saturated rings. The lowest BCUT2D eigenvalue weighted by Crippen LogP contribution is -2.24. The van der Waals surface area contributed by atoms with Gasteiger partial charge in [-0.15, -0.1) is 10.2 Å². The summed E-state index contributed by atoms with van der Waals surface area (Å²) in [4.78, 5) is 36.7. The number of aromatic nitrogens is 3. The molecule has 0 bridgehead atoms. The lowest BCUT2D eigenvalue weighted by Gasteiger charge is -2.11. The van der Waals surface area contributed by atoms with Gasteiger partial charge in [-0.1, -0.05) is 23.4 Å². The molecule has 0 aliphatic rings. The van der Waals surface area contributed by atoms with Crippen LogP contribution in [0.2, 0.25) is 5.02 Å². The molecule has 2 heterocycles. The van der Waals surface area contributed by atoms with Crippen LogP contribution in [0, 0.1) is 0 Å². The van der Waals surface area contributed by atoms with Gasteiger partial charge in [0.2, 0.25) is 5.91 Å². The van der Waals surface area contributed by atoms with Gasteiger partial charge in [-0.25, -0.2) is 4.79 Å². The van der Waals surface area contributed by atoms with Gasteiger partial charge in [0.15, 0.2) is 16.7 Å². The zero-order valence-electron chi connectivity index (χ0n) is 18.8. The Labute approximate surface area is 205 Å². The van der Waals surface area contributed by atoms with Crippen molar-refractivity contribution in [3.8, 4) is 0 Å². The van der Waals surface area contributed by atoms with E-state index in [0.29, 0.717) is 28.2 Å². The van der Waals surface area contributed by atoms with E-state index >= 15 is 0 Å². The predicted molar refractivity (Wildman–Crippen MR) is 127 cm³/mol. The summed E-state index contributed by atoms with van der Waals surface area (Å²) in [5, 5.41) is 14.5. The van der Waals surface area contributed by atoms with Crippen LogP contribution < -0.4 is 10.6 Å². The molecule has 0 spiro atoms. The number of nitrogens with one attached hydrogen (secondary N) is 2. The Morgan fingerprint density at radius 2 is 2.03 bits per heavy atom. The van der Waals surface area contributed by atoms with E-state index in [1.807, 2.05) is 6.92 Å². The van der Waals surface area contributed by atoms with Gasteiger partial charge in [0.1, 0.15) is 0 Å². The largest absolute Gasteiger partial charge is 0.459 e. The first-order valence-corrected chi connectivity index (χ1v) is 11.8. The van der Waals surface area contributed by atoms with Crippen LogP contribution in [0.1, 0.15) is 47.5 Å². The maximum atomic E-state index is 12.5. The van der Waals surface area contributed by atoms with Gasteiger partial charge in [-0.2, -0.15) is 0 Å². The first-order chi connectivity index (χ1) is 16.3. The van der Waals surface area contributed by atoms with Crippen molar-refractivity contribution in [3.63, 3.8) is 0 Å². The average molecular weight is 506 g/mol. The summed E-state index contributed by atoms with van der Waals surface area (Å²) in [6.45, 7) is 6.12. The van der Waals surface area contributed by atoms with Gasteiger partial charge in [0.05, 0.1) is 40.9 Å². The molecule has 0 saturated heterocycles. The second-order valence-corrected chi connectivity index (χ2v) is 8.64. The number of halogens is 1. The van der Waals surface area contributed by atoms with Crippen LogP contribution in [0.5, 0.6) is 0 Å². The number of esters is 1. The summed E-state index contributed by atoms with van der Waals surface area (Å²) < 4.78 is 12.0. The molecule has 34 heavy (non-hydrogen) atoms. The normalized spacial score (nSPS) is 10.9. The van der Waals surface area contributed by atoms with Crippen LogP contribution in [0.25, 0.3) is 0 Å². The van der Waals surface area contributed by atoms with Crippen LogP contribution in [0.3, 0.4) is 0 Å². The number of hydrogen-bond donors (Lipinski definition) is 2. The molecule has 3 rings (SSSR count). The molecular weight excluding hydrogens is 482 g/mol. The van der Waals surface area contributed by atoms with Crippen molar-refractivity contribution in [3.05, 3.63) is 58.8 Å². The second kappa shape index (κ2) is 11.7. The minimum Gasteiger partial charge on any atom is -0.459 e. The number of nitrogens with zero attached hydrogens (tertiary/aromatic N) is 3. The second-order valence-electron chi connectivity index (χ2n) is 7.29. The number of furan rings is 1. The molecule has 2 aromatic heterocycles.